The standard InChI is InChI=1S/C27H20N4O2/c32-26(30-22-14-12-21(13-15-22)29-20-6-2-1-3-7-20)19-10-16-23(17-11-19)31-18-28-25-9-5-4-8-24(25)27(31)33/h1-18,29H,(H,30,32). The maximum absolute atomic E-state index is 12.8. The number of benzene rings is 4. The van der Waals surface area contributed by atoms with Crippen LogP contribution in [0.15, 0.2) is 114 Å². The molecule has 6 heteroatoms. The highest BCUT2D eigenvalue weighted by Crippen LogP contribution is 2.19. The number of aromatic nitrogens is 2. The smallest absolute Gasteiger partial charge is 0.265 e. The van der Waals surface area contributed by atoms with Crippen LogP contribution in [-0.2, 0) is 0 Å². The molecule has 0 atom stereocenters. The first-order valence-corrected chi connectivity index (χ1v) is 10.5. The molecule has 0 aliphatic carbocycles. The molecule has 5 aromatic rings. The molecular formula is C27H20N4O2. The first kappa shape index (κ1) is 20.2. The number of amides is 1. The molecule has 33 heavy (non-hydrogen) atoms. The molecule has 1 aromatic heterocycles. The van der Waals surface area contributed by atoms with Gasteiger partial charge in [0.15, 0.2) is 0 Å². The van der Waals surface area contributed by atoms with E-state index in [0.29, 0.717) is 27.8 Å². The summed E-state index contributed by atoms with van der Waals surface area (Å²) < 4.78 is 1.47. The van der Waals surface area contributed by atoms with Gasteiger partial charge in [0.1, 0.15) is 6.33 Å². The number of para-hydroxylation sites is 2. The molecule has 6 nitrogen and oxygen atoms in total. The van der Waals surface area contributed by atoms with Crippen molar-refractivity contribution in [1.29, 1.82) is 0 Å². The predicted molar refractivity (Wildman–Crippen MR) is 131 cm³/mol. The molecule has 0 saturated carbocycles. The molecule has 0 radical (unpaired) electrons. The summed E-state index contributed by atoms with van der Waals surface area (Å²) in [7, 11) is 0. The molecule has 160 valence electrons. The SMILES string of the molecule is O=C(Nc1ccc(Nc2ccccc2)cc1)c1ccc(-n2cnc3ccccc3c2=O)cc1. The van der Waals surface area contributed by atoms with Crippen LogP contribution in [0.1, 0.15) is 10.4 Å². The van der Waals surface area contributed by atoms with Crippen LogP contribution in [0.3, 0.4) is 0 Å². The van der Waals surface area contributed by atoms with E-state index < -0.39 is 0 Å². The third-order valence-corrected chi connectivity index (χ3v) is 5.28. The van der Waals surface area contributed by atoms with E-state index in [1.165, 1.54) is 10.9 Å². The number of hydrogen-bond donors (Lipinski definition) is 2. The van der Waals surface area contributed by atoms with Crippen LogP contribution >= 0.6 is 0 Å². The third kappa shape index (κ3) is 4.36. The molecule has 1 heterocycles. The van der Waals surface area contributed by atoms with E-state index >= 15 is 0 Å². The maximum Gasteiger partial charge on any atom is 0.265 e. The van der Waals surface area contributed by atoms with Crippen molar-refractivity contribution in [1.82, 2.24) is 9.55 Å². The fraction of sp³-hybridized carbons (Fsp3) is 0. The van der Waals surface area contributed by atoms with Crippen molar-refractivity contribution in [2.45, 2.75) is 0 Å². The largest absolute Gasteiger partial charge is 0.356 e. The van der Waals surface area contributed by atoms with Gasteiger partial charge in [-0.1, -0.05) is 30.3 Å². The van der Waals surface area contributed by atoms with E-state index in [0.717, 1.165) is 11.4 Å². The van der Waals surface area contributed by atoms with E-state index in [4.69, 9.17) is 0 Å². The van der Waals surface area contributed by atoms with E-state index in [1.807, 2.05) is 66.7 Å². The summed E-state index contributed by atoms with van der Waals surface area (Å²) in [5, 5.41) is 6.75. The van der Waals surface area contributed by atoms with Crippen molar-refractivity contribution in [3.05, 3.63) is 125 Å². The first-order valence-electron chi connectivity index (χ1n) is 10.5. The number of nitrogens with one attached hydrogen (secondary N) is 2. The lowest BCUT2D eigenvalue weighted by Crippen LogP contribution is -2.19. The van der Waals surface area contributed by atoms with Crippen molar-refractivity contribution in [2.24, 2.45) is 0 Å². The first-order chi connectivity index (χ1) is 16.2. The zero-order valence-electron chi connectivity index (χ0n) is 17.6. The topological polar surface area (TPSA) is 76.0 Å². The van der Waals surface area contributed by atoms with Crippen LogP contribution < -0.4 is 16.2 Å². The Morgan fingerprint density at radius 1 is 0.697 bits per heavy atom. The van der Waals surface area contributed by atoms with E-state index in [9.17, 15) is 9.59 Å². The summed E-state index contributed by atoms with van der Waals surface area (Å²) in [5.41, 5.74) is 4.26. The van der Waals surface area contributed by atoms with Gasteiger partial charge in [-0.2, -0.15) is 0 Å². The Balaban J connectivity index is 1.29. The van der Waals surface area contributed by atoms with Gasteiger partial charge in [-0.25, -0.2) is 4.98 Å². The molecule has 2 N–H and O–H groups in total. The minimum atomic E-state index is -0.227. The second kappa shape index (κ2) is 8.80. The van der Waals surface area contributed by atoms with Crippen LogP contribution in [0.2, 0.25) is 0 Å². The molecule has 0 aliphatic heterocycles. The number of hydrogen-bond acceptors (Lipinski definition) is 4. The van der Waals surface area contributed by atoms with Crippen LogP contribution in [0.4, 0.5) is 17.1 Å². The van der Waals surface area contributed by atoms with Gasteiger partial charge in [-0.15, -0.1) is 0 Å². The lowest BCUT2D eigenvalue weighted by molar-refractivity contribution is 0.102. The highest BCUT2D eigenvalue weighted by Gasteiger charge is 2.09. The number of rotatable bonds is 5. The Labute approximate surface area is 190 Å². The number of carbonyl (C=O) groups excluding carboxylic acids is 1. The average Bonchev–Trinajstić information content (AvgIpc) is 2.86. The number of carbonyl (C=O) groups is 1. The zero-order valence-corrected chi connectivity index (χ0v) is 17.6. The van der Waals surface area contributed by atoms with Gasteiger partial charge < -0.3 is 10.6 Å². The van der Waals surface area contributed by atoms with Crippen molar-refractivity contribution in [3.8, 4) is 5.69 Å². The highest BCUT2D eigenvalue weighted by molar-refractivity contribution is 6.04. The Morgan fingerprint density at radius 2 is 1.33 bits per heavy atom. The summed E-state index contributed by atoms with van der Waals surface area (Å²) >= 11 is 0. The van der Waals surface area contributed by atoms with Gasteiger partial charge in [0, 0.05) is 22.6 Å². The van der Waals surface area contributed by atoms with Gasteiger partial charge >= 0.3 is 0 Å². The Kier molecular flexibility index (Phi) is 5.39. The van der Waals surface area contributed by atoms with Gasteiger partial charge in [0.05, 0.1) is 16.6 Å². The Morgan fingerprint density at radius 3 is 2.09 bits per heavy atom. The Bertz CT molecular complexity index is 1480. The van der Waals surface area contributed by atoms with Crippen molar-refractivity contribution in [3.63, 3.8) is 0 Å². The van der Waals surface area contributed by atoms with Gasteiger partial charge in [0.25, 0.3) is 11.5 Å². The predicted octanol–water partition coefficient (Wildman–Crippen LogP) is 5.38. The van der Waals surface area contributed by atoms with Gasteiger partial charge in [-0.3, -0.25) is 14.2 Å². The highest BCUT2D eigenvalue weighted by atomic mass is 16.1. The molecule has 4 aromatic carbocycles. The monoisotopic (exact) mass is 432 g/mol. The number of nitrogens with zero attached hydrogens (tertiary/aromatic N) is 2. The fourth-order valence-electron chi connectivity index (χ4n) is 3.55. The second-order valence-corrected chi connectivity index (χ2v) is 7.51. The molecule has 5 rings (SSSR count). The quantitative estimate of drug-likeness (QED) is 0.391. The van der Waals surface area contributed by atoms with E-state index in [2.05, 4.69) is 15.6 Å². The molecule has 0 saturated heterocycles. The van der Waals surface area contributed by atoms with Crippen LogP contribution in [-0.4, -0.2) is 15.5 Å². The minimum absolute atomic E-state index is 0.151. The van der Waals surface area contributed by atoms with Crippen molar-refractivity contribution >= 4 is 33.9 Å². The molecular weight excluding hydrogens is 412 g/mol. The molecule has 0 aliphatic rings. The maximum atomic E-state index is 12.8. The minimum Gasteiger partial charge on any atom is -0.356 e. The Hall–Kier alpha value is -4.71. The van der Waals surface area contributed by atoms with Crippen LogP contribution in [0.25, 0.3) is 16.6 Å². The summed E-state index contributed by atoms with van der Waals surface area (Å²) in [6.45, 7) is 0. The number of fused-ring (bicyclic) bond motifs is 1. The lowest BCUT2D eigenvalue weighted by Gasteiger charge is -2.10. The van der Waals surface area contributed by atoms with E-state index in [-0.39, 0.29) is 11.5 Å². The normalized spacial score (nSPS) is 10.7. The van der Waals surface area contributed by atoms with Crippen molar-refractivity contribution in [2.75, 3.05) is 10.6 Å². The molecule has 0 fully saturated rings. The third-order valence-electron chi connectivity index (χ3n) is 5.28. The molecule has 0 spiro atoms. The lowest BCUT2D eigenvalue weighted by atomic mass is 10.1. The zero-order chi connectivity index (χ0) is 22.6. The second-order valence-electron chi connectivity index (χ2n) is 7.51. The van der Waals surface area contributed by atoms with Gasteiger partial charge in [-0.05, 0) is 72.8 Å². The van der Waals surface area contributed by atoms with Crippen molar-refractivity contribution < 1.29 is 4.79 Å². The average molecular weight is 432 g/mol. The summed E-state index contributed by atoms with van der Waals surface area (Å²) in [4.78, 5) is 29.8. The molecule has 1 amide bonds. The summed E-state index contributed by atoms with van der Waals surface area (Å²) in [6, 6.07) is 31.5. The van der Waals surface area contributed by atoms with Gasteiger partial charge in [0.2, 0.25) is 0 Å². The van der Waals surface area contributed by atoms with Crippen LogP contribution in [0.5, 0.6) is 0 Å². The molecule has 0 unspecified atom stereocenters. The van der Waals surface area contributed by atoms with E-state index in [1.54, 1.807) is 36.4 Å². The summed E-state index contributed by atoms with van der Waals surface area (Å²) in [6.07, 6.45) is 1.50. The number of anilines is 3. The molecule has 0 bridgehead atoms. The fourth-order valence-corrected chi connectivity index (χ4v) is 3.55. The summed E-state index contributed by atoms with van der Waals surface area (Å²) in [5.74, 6) is -0.227. The van der Waals surface area contributed by atoms with Crippen LogP contribution in [0, 0.1) is 0 Å².